The monoisotopic (exact) mass is 251 g/mol. The van der Waals surface area contributed by atoms with E-state index < -0.39 is 0 Å². The van der Waals surface area contributed by atoms with Crippen molar-refractivity contribution in [2.45, 2.75) is 25.9 Å². The number of hydrogen-bond donors (Lipinski definition) is 1. The van der Waals surface area contributed by atoms with Gasteiger partial charge in [-0.3, -0.25) is 0 Å². The average Bonchev–Trinajstić information content (AvgIpc) is 2.38. The summed E-state index contributed by atoms with van der Waals surface area (Å²) < 4.78 is 16.4. The molecule has 1 N–H and O–H groups in total. The highest BCUT2D eigenvalue weighted by molar-refractivity contribution is 5.50. The minimum atomic E-state index is 0.174. The smallest absolute Gasteiger partial charge is 0.130 e. The Hall–Kier alpha value is -1.26. The van der Waals surface area contributed by atoms with E-state index in [-0.39, 0.29) is 6.04 Å². The minimum Gasteiger partial charge on any atom is -0.496 e. The first-order valence-corrected chi connectivity index (χ1v) is 6.22. The van der Waals surface area contributed by atoms with Crippen molar-refractivity contribution in [2.24, 2.45) is 0 Å². The van der Waals surface area contributed by atoms with Crippen LogP contribution in [0.1, 0.15) is 24.1 Å². The molecule has 100 valence electrons. The van der Waals surface area contributed by atoms with E-state index in [0.717, 1.165) is 29.2 Å². The van der Waals surface area contributed by atoms with Gasteiger partial charge in [0.25, 0.3) is 0 Å². The molecular weight excluding hydrogens is 230 g/mol. The molecule has 0 spiro atoms. The average molecular weight is 251 g/mol. The molecular formula is C14H21NO3. The summed E-state index contributed by atoms with van der Waals surface area (Å²) in [5.74, 6) is 1.73. The van der Waals surface area contributed by atoms with Crippen molar-refractivity contribution in [3.63, 3.8) is 0 Å². The molecule has 0 aliphatic carbocycles. The normalized spacial score (nSPS) is 23.8. The van der Waals surface area contributed by atoms with Crippen molar-refractivity contribution in [3.05, 3.63) is 23.3 Å². The fourth-order valence-electron chi connectivity index (χ4n) is 2.44. The van der Waals surface area contributed by atoms with Gasteiger partial charge >= 0.3 is 0 Å². The highest BCUT2D eigenvalue weighted by Crippen LogP contribution is 2.35. The molecule has 2 rings (SSSR count). The number of nitrogens with one attached hydrogen (secondary N) is 1. The zero-order chi connectivity index (χ0) is 13.1. The molecule has 0 radical (unpaired) electrons. The first kappa shape index (κ1) is 13.2. The van der Waals surface area contributed by atoms with Gasteiger partial charge in [0.2, 0.25) is 0 Å². The van der Waals surface area contributed by atoms with Gasteiger partial charge in [0, 0.05) is 17.2 Å². The van der Waals surface area contributed by atoms with Crippen LogP contribution in [0.2, 0.25) is 0 Å². The lowest BCUT2D eigenvalue weighted by Gasteiger charge is -2.30. The number of methoxy groups -OCH3 is 2. The Labute approximate surface area is 108 Å². The Morgan fingerprint density at radius 2 is 2.00 bits per heavy atom. The maximum Gasteiger partial charge on any atom is 0.130 e. The highest BCUT2D eigenvalue weighted by Gasteiger charge is 2.24. The van der Waals surface area contributed by atoms with E-state index in [1.54, 1.807) is 14.2 Å². The molecule has 4 heteroatoms. The molecule has 0 aromatic heterocycles. The molecule has 1 aliphatic heterocycles. The SMILES string of the molecule is COc1ccc(C2COCC(C)N2)c(OC)c1C. The molecule has 1 aromatic carbocycles. The zero-order valence-electron chi connectivity index (χ0n) is 11.4. The van der Waals surface area contributed by atoms with Gasteiger partial charge < -0.3 is 19.5 Å². The molecule has 18 heavy (non-hydrogen) atoms. The summed E-state index contributed by atoms with van der Waals surface area (Å²) in [6.45, 7) is 5.56. The fraction of sp³-hybridized carbons (Fsp3) is 0.571. The van der Waals surface area contributed by atoms with Crippen molar-refractivity contribution >= 4 is 0 Å². The second-order valence-electron chi connectivity index (χ2n) is 4.67. The fourth-order valence-corrected chi connectivity index (χ4v) is 2.44. The molecule has 2 atom stereocenters. The molecule has 0 amide bonds. The van der Waals surface area contributed by atoms with Crippen LogP contribution in [0.5, 0.6) is 11.5 Å². The number of rotatable bonds is 3. The lowest BCUT2D eigenvalue weighted by Crippen LogP contribution is -2.41. The summed E-state index contributed by atoms with van der Waals surface area (Å²) in [5.41, 5.74) is 2.15. The molecule has 1 aromatic rings. The maximum absolute atomic E-state index is 5.60. The van der Waals surface area contributed by atoms with Crippen molar-refractivity contribution in [2.75, 3.05) is 27.4 Å². The highest BCUT2D eigenvalue weighted by atomic mass is 16.5. The predicted molar refractivity (Wildman–Crippen MR) is 70.4 cm³/mol. The van der Waals surface area contributed by atoms with Crippen LogP contribution in [-0.2, 0) is 4.74 Å². The first-order chi connectivity index (χ1) is 8.67. The summed E-state index contributed by atoms with van der Waals surface area (Å²) in [7, 11) is 3.36. The Morgan fingerprint density at radius 1 is 1.22 bits per heavy atom. The number of ether oxygens (including phenoxy) is 3. The van der Waals surface area contributed by atoms with E-state index in [9.17, 15) is 0 Å². The molecule has 2 unspecified atom stereocenters. The summed E-state index contributed by atoms with van der Waals surface area (Å²) >= 11 is 0. The van der Waals surface area contributed by atoms with Gasteiger partial charge in [0.05, 0.1) is 33.5 Å². The molecule has 1 heterocycles. The van der Waals surface area contributed by atoms with Crippen LogP contribution in [0.25, 0.3) is 0 Å². The van der Waals surface area contributed by atoms with E-state index >= 15 is 0 Å². The Balaban J connectivity index is 2.35. The minimum absolute atomic E-state index is 0.174. The topological polar surface area (TPSA) is 39.7 Å². The molecule has 1 aliphatic rings. The van der Waals surface area contributed by atoms with Crippen LogP contribution >= 0.6 is 0 Å². The van der Waals surface area contributed by atoms with E-state index in [1.807, 2.05) is 19.1 Å². The van der Waals surface area contributed by atoms with Gasteiger partial charge in [-0.1, -0.05) is 0 Å². The van der Waals surface area contributed by atoms with Gasteiger partial charge in [-0.2, -0.15) is 0 Å². The van der Waals surface area contributed by atoms with Gasteiger partial charge in [-0.25, -0.2) is 0 Å². The summed E-state index contributed by atoms with van der Waals surface area (Å²) in [4.78, 5) is 0. The van der Waals surface area contributed by atoms with Crippen molar-refractivity contribution in [3.8, 4) is 11.5 Å². The van der Waals surface area contributed by atoms with Crippen molar-refractivity contribution in [1.29, 1.82) is 0 Å². The van der Waals surface area contributed by atoms with E-state index in [4.69, 9.17) is 14.2 Å². The molecule has 1 saturated heterocycles. The van der Waals surface area contributed by atoms with Gasteiger partial charge in [-0.05, 0) is 26.0 Å². The van der Waals surface area contributed by atoms with Crippen LogP contribution < -0.4 is 14.8 Å². The zero-order valence-corrected chi connectivity index (χ0v) is 11.4. The third-order valence-electron chi connectivity index (χ3n) is 3.32. The Bertz CT molecular complexity index is 420. The van der Waals surface area contributed by atoms with E-state index in [1.165, 1.54) is 0 Å². The van der Waals surface area contributed by atoms with Crippen LogP contribution in [-0.4, -0.2) is 33.5 Å². The molecule has 4 nitrogen and oxygen atoms in total. The maximum atomic E-state index is 5.60. The van der Waals surface area contributed by atoms with Gasteiger partial charge in [0.1, 0.15) is 11.5 Å². The number of hydrogen-bond acceptors (Lipinski definition) is 4. The Kier molecular flexibility index (Phi) is 4.09. The van der Waals surface area contributed by atoms with Gasteiger partial charge in [0.15, 0.2) is 0 Å². The van der Waals surface area contributed by atoms with E-state index in [2.05, 4.69) is 12.2 Å². The summed E-state index contributed by atoms with van der Waals surface area (Å²) in [5, 5.41) is 3.53. The second kappa shape index (κ2) is 5.59. The summed E-state index contributed by atoms with van der Waals surface area (Å²) in [6.07, 6.45) is 0. The predicted octanol–water partition coefficient (Wildman–Crippen LogP) is 2.06. The number of benzene rings is 1. The standard InChI is InChI=1S/C14H21NO3/c1-9-7-18-8-12(15-9)11-5-6-13(16-3)10(2)14(11)17-4/h5-6,9,12,15H,7-8H2,1-4H3. The third kappa shape index (κ3) is 2.44. The lowest BCUT2D eigenvalue weighted by molar-refractivity contribution is 0.0496. The molecule has 0 bridgehead atoms. The first-order valence-electron chi connectivity index (χ1n) is 6.22. The van der Waals surface area contributed by atoms with Crippen LogP contribution in [0, 0.1) is 6.92 Å². The largest absolute Gasteiger partial charge is 0.496 e. The van der Waals surface area contributed by atoms with Gasteiger partial charge in [-0.15, -0.1) is 0 Å². The number of morpholine rings is 1. The van der Waals surface area contributed by atoms with Crippen molar-refractivity contribution in [1.82, 2.24) is 5.32 Å². The van der Waals surface area contributed by atoms with Crippen LogP contribution in [0.3, 0.4) is 0 Å². The molecule has 1 fully saturated rings. The third-order valence-corrected chi connectivity index (χ3v) is 3.32. The van der Waals surface area contributed by atoms with Crippen LogP contribution in [0.15, 0.2) is 12.1 Å². The Morgan fingerprint density at radius 3 is 2.61 bits per heavy atom. The van der Waals surface area contributed by atoms with Crippen LogP contribution in [0.4, 0.5) is 0 Å². The lowest BCUT2D eigenvalue weighted by atomic mass is 10.0. The molecule has 0 saturated carbocycles. The van der Waals surface area contributed by atoms with E-state index in [0.29, 0.717) is 12.6 Å². The second-order valence-corrected chi connectivity index (χ2v) is 4.67. The quantitative estimate of drug-likeness (QED) is 0.892. The van der Waals surface area contributed by atoms with Crippen molar-refractivity contribution < 1.29 is 14.2 Å². The summed E-state index contributed by atoms with van der Waals surface area (Å²) in [6, 6.07) is 4.56.